The van der Waals surface area contributed by atoms with Crippen LogP contribution in [0.3, 0.4) is 0 Å². The second kappa shape index (κ2) is 7.57. The van der Waals surface area contributed by atoms with Crippen LogP contribution in [0.2, 0.25) is 0 Å². The molecule has 0 saturated carbocycles. The van der Waals surface area contributed by atoms with Crippen molar-refractivity contribution in [3.63, 3.8) is 0 Å². The molecule has 0 radical (unpaired) electrons. The van der Waals surface area contributed by atoms with Crippen LogP contribution in [-0.2, 0) is 9.59 Å². The highest BCUT2D eigenvalue weighted by atomic mass is 16.4. The number of rotatable bonds is 5. The first-order valence-corrected chi connectivity index (χ1v) is 6.27. The largest absolute Gasteiger partial charge is 0.480 e. The Balaban J connectivity index is 2.35. The highest BCUT2D eigenvalue weighted by molar-refractivity contribution is 5.85. The van der Waals surface area contributed by atoms with Gasteiger partial charge in [-0.1, -0.05) is 0 Å². The highest BCUT2D eigenvalue weighted by Crippen LogP contribution is 1.94. The lowest BCUT2D eigenvalue weighted by Crippen LogP contribution is -2.51. The first-order valence-electron chi connectivity index (χ1n) is 6.27. The van der Waals surface area contributed by atoms with Gasteiger partial charge in [0, 0.05) is 32.7 Å². The number of piperazine rings is 1. The van der Waals surface area contributed by atoms with Gasteiger partial charge in [-0.25, -0.2) is 4.79 Å². The lowest BCUT2D eigenvalue weighted by molar-refractivity contribution is -0.137. The zero-order valence-electron chi connectivity index (χ0n) is 11.0. The number of aliphatic carboxylic acids is 1. The number of nitrogens with zero attached hydrogens (tertiary/aromatic N) is 2. The second-order valence-electron chi connectivity index (χ2n) is 4.20. The maximum absolute atomic E-state index is 11.8. The van der Waals surface area contributed by atoms with E-state index in [4.69, 9.17) is 5.11 Å². The Kier molecular flexibility index (Phi) is 6.07. The van der Waals surface area contributed by atoms with Gasteiger partial charge in [0.2, 0.25) is 5.91 Å². The van der Waals surface area contributed by atoms with Gasteiger partial charge in [-0.05, 0) is 6.92 Å². The standard InChI is InChI=1S/C11H20N4O4/c1-2-14(8-10(17)18)11(19)13-7-9(16)15-5-3-12-4-6-15/h12H,2-8H2,1H3,(H,13,19)(H,17,18). The molecule has 1 saturated heterocycles. The molecular formula is C11H20N4O4. The third kappa shape index (κ3) is 5.12. The summed E-state index contributed by atoms with van der Waals surface area (Å²) in [6.45, 7) is 4.24. The molecule has 0 unspecified atom stereocenters. The minimum Gasteiger partial charge on any atom is -0.480 e. The van der Waals surface area contributed by atoms with Gasteiger partial charge in [-0.15, -0.1) is 0 Å². The SMILES string of the molecule is CCN(CC(=O)O)C(=O)NCC(=O)N1CCNCC1. The molecular weight excluding hydrogens is 252 g/mol. The molecule has 108 valence electrons. The van der Waals surface area contributed by atoms with E-state index in [0.29, 0.717) is 13.1 Å². The predicted molar refractivity (Wildman–Crippen MR) is 67.7 cm³/mol. The van der Waals surface area contributed by atoms with E-state index < -0.39 is 12.0 Å². The van der Waals surface area contributed by atoms with Crippen molar-refractivity contribution in [2.24, 2.45) is 0 Å². The second-order valence-corrected chi connectivity index (χ2v) is 4.20. The van der Waals surface area contributed by atoms with Crippen LogP contribution in [0.4, 0.5) is 4.79 Å². The first kappa shape index (κ1) is 15.2. The van der Waals surface area contributed by atoms with Crippen molar-refractivity contribution in [3.8, 4) is 0 Å². The molecule has 3 N–H and O–H groups in total. The molecule has 1 aliphatic heterocycles. The van der Waals surface area contributed by atoms with Gasteiger partial charge in [0.1, 0.15) is 6.54 Å². The maximum atomic E-state index is 11.8. The smallest absolute Gasteiger partial charge is 0.323 e. The van der Waals surface area contributed by atoms with Gasteiger partial charge in [-0.3, -0.25) is 9.59 Å². The number of hydrogen-bond acceptors (Lipinski definition) is 4. The lowest BCUT2D eigenvalue weighted by Gasteiger charge is -2.28. The quantitative estimate of drug-likeness (QED) is 0.567. The summed E-state index contributed by atoms with van der Waals surface area (Å²) < 4.78 is 0. The van der Waals surface area contributed by atoms with Gasteiger partial charge >= 0.3 is 12.0 Å². The summed E-state index contributed by atoms with van der Waals surface area (Å²) in [7, 11) is 0. The van der Waals surface area contributed by atoms with Crippen molar-refractivity contribution in [3.05, 3.63) is 0 Å². The van der Waals surface area contributed by atoms with Crippen LogP contribution in [0, 0.1) is 0 Å². The van der Waals surface area contributed by atoms with Gasteiger partial charge in [0.15, 0.2) is 0 Å². The predicted octanol–water partition coefficient (Wildman–Crippen LogP) is -1.47. The van der Waals surface area contributed by atoms with Crippen LogP contribution in [0.5, 0.6) is 0 Å². The molecule has 0 spiro atoms. The van der Waals surface area contributed by atoms with Crippen molar-refractivity contribution < 1.29 is 19.5 Å². The fraction of sp³-hybridized carbons (Fsp3) is 0.727. The molecule has 0 bridgehead atoms. The molecule has 0 atom stereocenters. The van der Waals surface area contributed by atoms with Gasteiger partial charge < -0.3 is 25.5 Å². The molecule has 3 amide bonds. The topological polar surface area (TPSA) is 102 Å². The van der Waals surface area contributed by atoms with E-state index in [1.54, 1.807) is 11.8 Å². The summed E-state index contributed by atoms with van der Waals surface area (Å²) in [5.74, 6) is -1.23. The monoisotopic (exact) mass is 272 g/mol. The first-order chi connectivity index (χ1) is 9.04. The van der Waals surface area contributed by atoms with Crippen LogP contribution in [0.15, 0.2) is 0 Å². The van der Waals surface area contributed by atoms with E-state index in [1.165, 1.54) is 0 Å². The molecule has 0 aromatic rings. The number of hydrogen-bond donors (Lipinski definition) is 3. The Morgan fingerprint density at radius 1 is 1.32 bits per heavy atom. The number of carbonyl (C=O) groups is 3. The van der Waals surface area contributed by atoms with E-state index in [0.717, 1.165) is 18.0 Å². The number of carboxylic acids is 1. The van der Waals surface area contributed by atoms with Gasteiger partial charge in [-0.2, -0.15) is 0 Å². The minimum atomic E-state index is -1.08. The van der Waals surface area contributed by atoms with Crippen molar-refractivity contribution in [2.75, 3.05) is 45.8 Å². The summed E-state index contributed by atoms with van der Waals surface area (Å²) in [6.07, 6.45) is 0. The van der Waals surface area contributed by atoms with E-state index in [-0.39, 0.29) is 25.5 Å². The molecule has 0 aromatic carbocycles. The van der Waals surface area contributed by atoms with Crippen LogP contribution in [0.25, 0.3) is 0 Å². The van der Waals surface area contributed by atoms with E-state index in [9.17, 15) is 14.4 Å². The van der Waals surface area contributed by atoms with Crippen LogP contribution < -0.4 is 10.6 Å². The number of amides is 3. The summed E-state index contributed by atoms with van der Waals surface area (Å²) in [5.41, 5.74) is 0. The van der Waals surface area contributed by atoms with Crippen molar-refractivity contribution in [2.45, 2.75) is 6.92 Å². The molecule has 1 fully saturated rings. The van der Waals surface area contributed by atoms with Crippen molar-refractivity contribution in [1.29, 1.82) is 0 Å². The Bertz CT molecular complexity index is 342. The zero-order chi connectivity index (χ0) is 14.3. The summed E-state index contributed by atoms with van der Waals surface area (Å²) in [5, 5.41) is 14.2. The molecule has 19 heavy (non-hydrogen) atoms. The molecule has 8 heteroatoms. The fourth-order valence-corrected chi connectivity index (χ4v) is 1.78. The maximum Gasteiger partial charge on any atom is 0.323 e. The molecule has 0 aliphatic carbocycles. The third-order valence-corrected chi connectivity index (χ3v) is 2.86. The normalized spacial score (nSPS) is 14.9. The minimum absolute atomic E-state index is 0.102. The fourth-order valence-electron chi connectivity index (χ4n) is 1.78. The number of carbonyl (C=O) groups excluding carboxylic acids is 2. The average molecular weight is 272 g/mol. The van der Waals surface area contributed by atoms with E-state index in [2.05, 4.69) is 10.6 Å². The van der Waals surface area contributed by atoms with Crippen LogP contribution in [-0.4, -0.2) is 78.6 Å². The van der Waals surface area contributed by atoms with E-state index in [1.807, 2.05) is 0 Å². The van der Waals surface area contributed by atoms with Gasteiger partial charge in [0.25, 0.3) is 0 Å². The Morgan fingerprint density at radius 3 is 2.47 bits per heavy atom. The number of urea groups is 1. The number of carboxylic acid groups (broad SMARTS) is 1. The van der Waals surface area contributed by atoms with Gasteiger partial charge in [0.05, 0.1) is 6.54 Å². The molecule has 1 heterocycles. The Hall–Kier alpha value is -1.83. The highest BCUT2D eigenvalue weighted by Gasteiger charge is 2.19. The Morgan fingerprint density at radius 2 is 1.95 bits per heavy atom. The Labute approximate surface area is 111 Å². The van der Waals surface area contributed by atoms with Crippen LogP contribution >= 0.6 is 0 Å². The summed E-state index contributed by atoms with van der Waals surface area (Å²) >= 11 is 0. The molecule has 8 nitrogen and oxygen atoms in total. The molecule has 1 aliphatic rings. The van der Waals surface area contributed by atoms with E-state index >= 15 is 0 Å². The number of likely N-dealkylation sites (N-methyl/N-ethyl adjacent to an activating group) is 1. The molecule has 1 rings (SSSR count). The average Bonchev–Trinajstić information content (AvgIpc) is 2.42. The van der Waals surface area contributed by atoms with Crippen molar-refractivity contribution >= 4 is 17.9 Å². The summed E-state index contributed by atoms with van der Waals surface area (Å²) in [6, 6.07) is -0.534. The van der Waals surface area contributed by atoms with Crippen LogP contribution in [0.1, 0.15) is 6.92 Å². The van der Waals surface area contributed by atoms with Crippen molar-refractivity contribution in [1.82, 2.24) is 20.4 Å². The molecule has 0 aromatic heterocycles. The number of nitrogens with one attached hydrogen (secondary N) is 2. The third-order valence-electron chi connectivity index (χ3n) is 2.86. The zero-order valence-corrected chi connectivity index (χ0v) is 11.0. The lowest BCUT2D eigenvalue weighted by atomic mass is 10.3. The summed E-state index contributed by atoms with van der Waals surface area (Å²) in [4.78, 5) is 36.8.